The van der Waals surface area contributed by atoms with E-state index < -0.39 is 28.7 Å². The first-order valence-corrected chi connectivity index (χ1v) is 8.34. The Balaban J connectivity index is 1.93. The summed E-state index contributed by atoms with van der Waals surface area (Å²) >= 11 is 0. The summed E-state index contributed by atoms with van der Waals surface area (Å²) in [4.78, 5) is 12.5. The number of hydrogen-bond donors (Lipinski definition) is 3. The molecule has 2 aromatic rings. The fourth-order valence-corrected chi connectivity index (χ4v) is 2.94. The Morgan fingerprint density at radius 1 is 1.39 bits per heavy atom. The standard InChI is InChI=1S/C20H16F2N4O2/c1-10-6-13(7-14(18(10)24)19(25)12-4-5-28-9-12)26-20(27)16-15(21)3-2-11(8-23)17(16)22/h2-5,7,9-10,25H,6,24H2,1H3,(H,26,27). The van der Waals surface area contributed by atoms with Crippen molar-refractivity contribution in [1.82, 2.24) is 5.32 Å². The lowest BCUT2D eigenvalue weighted by molar-refractivity contribution is 0.0955. The highest BCUT2D eigenvalue weighted by atomic mass is 19.1. The molecule has 1 atom stereocenters. The maximum absolute atomic E-state index is 14.3. The fourth-order valence-electron chi connectivity index (χ4n) is 2.94. The van der Waals surface area contributed by atoms with Crippen LogP contribution >= 0.6 is 0 Å². The lowest BCUT2D eigenvalue weighted by Crippen LogP contribution is -2.30. The molecule has 0 fully saturated rings. The lowest BCUT2D eigenvalue weighted by atomic mass is 9.88. The zero-order valence-corrected chi connectivity index (χ0v) is 14.8. The number of hydrogen-bond acceptors (Lipinski definition) is 5. The Morgan fingerprint density at radius 3 is 2.79 bits per heavy atom. The first-order valence-electron chi connectivity index (χ1n) is 8.34. The van der Waals surface area contributed by atoms with E-state index in [2.05, 4.69) is 5.32 Å². The van der Waals surface area contributed by atoms with Gasteiger partial charge in [-0.25, -0.2) is 8.78 Å². The molecule has 4 N–H and O–H groups in total. The van der Waals surface area contributed by atoms with Crippen molar-refractivity contribution in [2.24, 2.45) is 11.7 Å². The molecule has 142 valence electrons. The number of furan rings is 1. The van der Waals surface area contributed by atoms with Crippen LogP contribution in [0.25, 0.3) is 0 Å². The number of benzene rings is 1. The van der Waals surface area contributed by atoms with E-state index in [1.54, 1.807) is 12.1 Å². The molecule has 1 aliphatic rings. The Morgan fingerprint density at radius 2 is 2.14 bits per heavy atom. The minimum absolute atomic E-state index is 0.105. The van der Waals surface area contributed by atoms with Crippen LogP contribution in [-0.4, -0.2) is 11.6 Å². The third-order valence-corrected chi connectivity index (χ3v) is 4.48. The van der Waals surface area contributed by atoms with Gasteiger partial charge in [0.05, 0.1) is 23.8 Å². The Bertz CT molecular complexity index is 1060. The zero-order valence-electron chi connectivity index (χ0n) is 14.8. The van der Waals surface area contributed by atoms with Crippen molar-refractivity contribution in [2.45, 2.75) is 13.3 Å². The number of nitrogens with two attached hydrogens (primary N) is 1. The normalized spacial score (nSPS) is 16.4. The minimum atomic E-state index is -1.22. The third-order valence-electron chi connectivity index (χ3n) is 4.48. The molecule has 3 rings (SSSR count). The predicted octanol–water partition coefficient (Wildman–Crippen LogP) is 3.36. The summed E-state index contributed by atoms with van der Waals surface area (Å²) in [5.41, 5.74) is 6.68. The molecule has 1 amide bonds. The van der Waals surface area contributed by atoms with Crippen molar-refractivity contribution >= 4 is 11.6 Å². The van der Waals surface area contributed by atoms with Crippen LogP contribution < -0.4 is 11.1 Å². The highest BCUT2D eigenvalue weighted by molar-refractivity contribution is 6.13. The minimum Gasteiger partial charge on any atom is -0.472 e. The van der Waals surface area contributed by atoms with Crippen LogP contribution in [0.4, 0.5) is 8.78 Å². The van der Waals surface area contributed by atoms with Gasteiger partial charge in [-0.05, 0) is 30.7 Å². The summed E-state index contributed by atoms with van der Waals surface area (Å²) in [6.07, 6.45) is 4.65. The van der Waals surface area contributed by atoms with E-state index in [-0.39, 0.29) is 11.6 Å². The molecule has 1 unspecified atom stereocenters. The van der Waals surface area contributed by atoms with E-state index in [9.17, 15) is 13.6 Å². The van der Waals surface area contributed by atoms with Gasteiger partial charge in [0, 0.05) is 28.4 Å². The molecule has 28 heavy (non-hydrogen) atoms. The van der Waals surface area contributed by atoms with E-state index in [0.29, 0.717) is 29.0 Å². The van der Waals surface area contributed by atoms with Gasteiger partial charge in [-0.3, -0.25) is 10.2 Å². The number of carbonyl (C=O) groups excluding carboxylic acids is 1. The summed E-state index contributed by atoms with van der Waals surface area (Å²) in [6, 6.07) is 5.01. The molecule has 1 aromatic heterocycles. The van der Waals surface area contributed by atoms with E-state index in [1.807, 2.05) is 6.92 Å². The summed E-state index contributed by atoms with van der Waals surface area (Å²) in [6.45, 7) is 1.81. The SMILES string of the molecule is CC1CC(NC(=O)c2c(F)ccc(C#N)c2F)=CC(C(=N)c2ccoc2)=C1N. The van der Waals surface area contributed by atoms with E-state index in [4.69, 9.17) is 20.8 Å². The molecule has 6 nitrogen and oxygen atoms in total. The van der Waals surface area contributed by atoms with Crippen molar-refractivity contribution in [2.75, 3.05) is 0 Å². The quantitative estimate of drug-likeness (QED) is 0.703. The number of allylic oxidation sites excluding steroid dienone is 4. The summed E-state index contributed by atoms with van der Waals surface area (Å²) in [7, 11) is 0. The van der Waals surface area contributed by atoms with Crippen LogP contribution in [0, 0.1) is 34.3 Å². The topological polar surface area (TPSA) is 116 Å². The van der Waals surface area contributed by atoms with E-state index >= 15 is 0 Å². The van der Waals surface area contributed by atoms with Crippen molar-refractivity contribution in [3.05, 3.63) is 82.1 Å². The fraction of sp³-hybridized carbons (Fsp3) is 0.150. The molecule has 0 saturated heterocycles. The Labute approximate surface area is 159 Å². The second kappa shape index (κ2) is 7.48. The third kappa shape index (κ3) is 3.42. The van der Waals surface area contributed by atoms with Gasteiger partial charge >= 0.3 is 0 Å². The Hall–Kier alpha value is -3.73. The molecule has 1 aliphatic carbocycles. The number of nitrogens with one attached hydrogen (secondary N) is 2. The number of rotatable bonds is 4. The highest BCUT2D eigenvalue weighted by Crippen LogP contribution is 2.28. The molecular formula is C20H16F2N4O2. The van der Waals surface area contributed by atoms with Gasteiger partial charge in [0.15, 0.2) is 5.82 Å². The number of halogens is 2. The summed E-state index contributed by atoms with van der Waals surface area (Å²) in [5, 5.41) is 19.7. The van der Waals surface area contributed by atoms with Gasteiger partial charge < -0.3 is 15.5 Å². The maximum atomic E-state index is 14.3. The number of amides is 1. The van der Waals surface area contributed by atoms with Gasteiger partial charge in [0.2, 0.25) is 0 Å². The van der Waals surface area contributed by atoms with Crippen LogP contribution in [-0.2, 0) is 0 Å². The first kappa shape index (κ1) is 19.0. The van der Waals surface area contributed by atoms with Gasteiger partial charge in [-0.2, -0.15) is 5.26 Å². The molecule has 8 heteroatoms. The molecule has 0 bridgehead atoms. The maximum Gasteiger partial charge on any atom is 0.261 e. The average molecular weight is 382 g/mol. The number of carbonyl (C=O) groups is 1. The first-order chi connectivity index (χ1) is 13.3. The number of nitriles is 1. The van der Waals surface area contributed by atoms with Crippen molar-refractivity contribution in [1.29, 1.82) is 10.7 Å². The zero-order chi connectivity index (χ0) is 20.4. The second-order valence-corrected chi connectivity index (χ2v) is 6.38. The van der Waals surface area contributed by atoms with Crippen LogP contribution in [0.5, 0.6) is 0 Å². The van der Waals surface area contributed by atoms with Gasteiger partial charge in [-0.1, -0.05) is 6.92 Å². The van der Waals surface area contributed by atoms with Gasteiger partial charge in [0.1, 0.15) is 17.4 Å². The molecule has 0 aliphatic heterocycles. The van der Waals surface area contributed by atoms with Crippen LogP contribution in [0.3, 0.4) is 0 Å². The summed E-state index contributed by atoms with van der Waals surface area (Å²) in [5.74, 6) is -3.51. The molecule has 0 saturated carbocycles. The van der Waals surface area contributed by atoms with Crippen LogP contribution in [0.15, 0.2) is 58.2 Å². The van der Waals surface area contributed by atoms with E-state index in [0.717, 1.165) is 12.1 Å². The molecular weight excluding hydrogens is 366 g/mol. The molecule has 0 spiro atoms. The lowest BCUT2D eigenvalue weighted by Gasteiger charge is -2.24. The molecule has 1 aromatic carbocycles. The molecule has 0 radical (unpaired) electrons. The van der Waals surface area contributed by atoms with Gasteiger partial charge in [0.25, 0.3) is 5.91 Å². The second-order valence-electron chi connectivity index (χ2n) is 6.38. The monoisotopic (exact) mass is 382 g/mol. The summed E-state index contributed by atoms with van der Waals surface area (Å²) < 4.78 is 33.2. The van der Waals surface area contributed by atoms with E-state index in [1.165, 1.54) is 18.6 Å². The smallest absolute Gasteiger partial charge is 0.261 e. The number of nitrogens with zero attached hydrogens (tertiary/aromatic N) is 1. The van der Waals surface area contributed by atoms with Crippen LogP contribution in [0.1, 0.15) is 34.8 Å². The van der Waals surface area contributed by atoms with Crippen LogP contribution in [0.2, 0.25) is 0 Å². The van der Waals surface area contributed by atoms with Gasteiger partial charge in [-0.15, -0.1) is 0 Å². The largest absolute Gasteiger partial charge is 0.472 e. The van der Waals surface area contributed by atoms with Crippen molar-refractivity contribution in [3.8, 4) is 6.07 Å². The van der Waals surface area contributed by atoms with Crippen molar-refractivity contribution in [3.63, 3.8) is 0 Å². The van der Waals surface area contributed by atoms with Crippen molar-refractivity contribution < 1.29 is 18.0 Å². The predicted molar refractivity (Wildman–Crippen MR) is 97.2 cm³/mol. The molecule has 1 heterocycles. The Kier molecular flexibility index (Phi) is 5.09. The highest BCUT2D eigenvalue weighted by Gasteiger charge is 2.26. The average Bonchev–Trinajstić information content (AvgIpc) is 3.19.